The third-order valence-electron chi connectivity index (χ3n) is 7.58. The Balaban J connectivity index is 1.35. The molecule has 0 saturated heterocycles. The van der Waals surface area contributed by atoms with Crippen LogP contribution in [-0.4, -0.2) is 55.5 Å². The second-order valence-corrected chi connectivity index (χ2v) is 14.6. The maximum absolute atomic E-state index is 15.3. The van der Waals surface area contributed by atoms with Gasteiger partial charge in [-0.15, -0.1) is 11.3 Å². The number of hydrogen-bond donors (Lipinski definition) is 2. The van der Waals surface area contributed by atoms with Crippen LogP contribution < -0.4 is 10.6 Å². The molecule has 0 radical (unpaired) electrons. The number of ketones is 1. The first-order chi connectivity index (χ1) is 22.3. The quantitative estimate of drug-likeness (QED) is 0.122. The normalized spacial score (nSPS) is 14.1. The smallest absolute Gasteiger partial charge is 0.352 e. The molecule has 1 aliphatic carbocycles. The molecule has 248 valence electrons. The second kappa shape index (κ2) is 14.3. The average Bonchev–Trinajstić information content (AvgIpc) is 3.75. The van der Waals surface area contributed by atoms with Gasteiger partial charge >= 0.3 is 6.18 Å². The lowest BCUT2D eigenvalue weighted by atomic mass is 9.99. The van der Waals surface area contributed by atoms with E-state index in [0.29, 0.717) is 24.0 Å². The molecule has 1 aromatic heterocycles. The first kappa shape index (κ1) is 34.2. The number of carbonyl (C=O) groups excluding carboxylic acids is 3. The Kier molecular flexibility index (Phi) is 10.4. The van der Waals surface area contributed by atoms with Crippen molar-refractivity contribution < 1.29 is 40.4 Å². The lowest BCUT2D eigenvalue weighted by Crippen LogP contribution is -2.41. The standard InChI is InChI=1S/C33H31F4N3O5S2/c34-25-18-26-28(17-24(25)21-9-11-22(12-10-21)27(41)8-4-7-20-5-2-1-3-6-20)46-32(40-26)30(47(44,45)16-15-33(35,36)37)31(43)38-19-29(42)39-23-13-14-23/h1-3,5-6,9-12,17-18,23,30H,4,7-8,13-16,19H2,(H,38,43)(H,39,42). The van der Waals surface area contributed by atoms with Gasteiger partial charge in [0.05, 0.1) is 28.9 Å². The van der Waals surface area contributed by atoms with Gasteiger partial charge in [-0.2, -0.15) is 13.2 Å². The molecule has 2 N–H and O–H groups in total. The first-order valence-electron chi connectivity index (χ1n) is 14.9. The third-order valence-corrected chi connectivity index (χ3v) is 10.7. The van der Waals surface area contributed by atoms with Gasteiger partial charge in [-0.05, 0) is 42.9 Å². The van der Waals surface area contributed by atoms with Gasteiger partial charge < -0.3 is 10.6 Å². The summed E-state index contributed by atoms with van der Waals surface area (Å²) in [5.41, 5.74) is 2.15. The number of sulfone groups is 1. The monoisotopic (exact) mass is 689 g/mol. The lowest BCUT2D eigenvalue weighted by Gasteiger charge is -2.16. The number of fused-ring (bicyclic) bond motifs is 1. The van der Waals surface area contributed by atoms with E-state index in [9.17, 15) is 36.0 Å². The zero-order chi connectivity index (χ0) is 33.8. The van der Waals surface area contributed by atoms with Crippen molar-refractivity contribution in [3.63, 3.8) is 0 Å². The van der Waals surface area contributed by atoms with Gasteiger partial charge in [0.2, 0.25) is 11.8 Å². The molecule has 1 aliphatic rings. The van der Waals surface area contributed by atoms with Gasteiger partial charge in [-0.1, -0.05) is 54.6 Å². The molecule has 4 aromatic rings. The summed E-state index contributed by atoms with van der Waals surface area (Å²) in [6, 6.07) is 18.6. The van der Waals surface area contributed by atoms with Crippen LogP contribution in [0.3, 0.4) is 0 Å². The number of alkyl halides is 3. The van der Waals surface area contributed by atoms with E-state index in [0.717, 1.165) is 42.2 Å². The molecule has 1 unspecified atom stereocenters. The topological polar surface area (TPSA) is 122 Å². The van der Waals surface area contributed by atoms with Gasteiger partial charge in [0.1, 0.15) is 10.8 Å². The van der Waals surface area contributed by atoms with Crippen LogP contribution in [0.1, 0.15) is 58.3 Å². The highest BCUT2D eigenvalue weighted by Gasteiger charge is 2.40. The van der Waals surface area contributed by atoms with E-state index >= 15 is 4.39 Å². The number of nitrogens with zero attached hydrogens (tertiary/aromatic N) is 1. The van der Waals surface area contributed by atoms with Crippen LogP contribution in [-0.2, 0) is 25.8 Å². The van der Waals surface area contributed by atoms with Crippen molar-refractivity contribution in [1.29, 1.82) is 0 Å². The predicted molar refractivity (Wildman–Crippen MR) is 170 cm³/mol. The minimum atomic E-state index is -4.80. The van der Waals surface area contributed by atoms with Gasteiger partial charge in [0, 0.05) is 29.7 Å². The van der Waals surface area contributed by atoms with E-state index in [1.165, 1.54) is 6.07 Å². The Hall–Kier alpha value is -4.17. The van der Waals surface area contributed by atoms with Crippen molar-refractivity contribution in [2.24, 2.45) is 0 Å². The van der Waals surface area contributed by atoms with Crippen molar-refractivity contribution in [2.75, 3.05) is 12.3 Å². The second-order valence-electron chi connectivity index (χ2n) is 11.4. The molecule has 1 saturated carbocycles. The lowest BCUT2D eigenvalue weighted by molar-refractivity contribution is -0.130. The first-order valence-corrected chi connectivity index (χ1v) is 17.5. The molecular formula is C33H31F4N3O5S2. The fourth-order valence-electron chi connectivity index (χ4n) is 4.95. The number of rotatable bonds is 14. The molecule has 1 heterocycles. The molecule has 0 aliphatic heterocycles. The predicted octanol–water partition coefficient (Wildman–Crippen LogP) is 6.11. The van der Waals surface area contributed by atoms with Crippen molar-refractivity contribution >= 4 is 49.0 Å². The number of amides is 2. The van der Waals surface area contributed by atoms with Crippen molar-refractivity contribution in [3.05, 3.63) is 88.7 Å². The van der Waals surface area contributed by atoms with Crippen LogP contribution in [0.15, 0.2) is 66.7 Å². The Labute approximate surface area is 272 Å². The van der Waals surface area contributed by atoms with E-state index in [1.54, 1.807) is 24.3 Å². The molecule has 14 heteroatoms. The van der Waals surface area contributed by atoms with Crippen LogP contribution in [0.2, 0.25) is 0 Å². The van der Waals surface area contributed by atoms with Crippen LogP contribution >= 0.6 is 11.3 Å². The Bertz CT molecular complexity index is 1870. The number of hydrogen-bond acceptors (Lipinski definition) is 7. The molecular weight excluding hydrogens is 659 g/mol. The summed E-state index contributed by atoms with van der Waals surface area (Å²) >= 11 is 0.728. The fourth-order valence-corrected chi connectivity index (χ4v) is 8.02. The number of halogens is 4. The van der Waals surface area contributed by atoms with E-state index in [-0.39, 0.29) is 32.6 Å². The minimum absolute atomic E-state index is 0.00626. The summed E-state index contributed by atoms with van der Waals surface area (Å²) in [4.78, 5) is 42.0. The van der Waals surface area contributed by atoms with Gasteiger partial charge in [0.15, 0.2) is 20.9 Å². The highest BCUT2D eigenvalue weighted by Crippen LogP contribution is 2.36. The molecule has 2 amide bonds. The van der Waals surface area contributed by atoms with Gasteiger partial charge in [-0.25, -0.2) is 17.8 Å². The number of Topliss-reactive ketones (excluding diaryl/α,β-unsaturated/α-hetero) is 1. The molecule has 47 heavy (non-hydrogen) atoms. The largest absolute Gasteiger partial charge is 0.390 e. The van der Waals surface area contributed by atoms with E-state index < -0.39 is 57.6 Å². The Morgan fingerprint density at radius 2 is 1.70 bits per heavy atom. The number of benzene rings is 3. The number of aromatic nitrogens is 1. The zero-order valence-electron chi connectivity index (χ0n) is 25.0. The number of aryl methyl sites for hydroxylation is 1. The molecule has 5 rings (SSSR count). The molecule has 1 fully saturated rings. The number of carbonyl (C=O) groups is 3. The Morgan fingerprint density at radius 1 is 1.00 bits per heavy atom. The van der Waals surface area contributed by atoms with Crippen molar-refractivity contribution in [3.8, 4) is 11.1 Å². The summed E-state index contributed by atoms with van der Waals surface area (Å²) in [5, 5.41) is 2.32. The zero-order valence-corrected chi connectivity index (χ0v) is 26.6. The molecule has 8 nitrogen and oxygen atoms in total. The van der Waals surface area contributed by atoms with Crippen LogP contribution in [0, 0.1) is 5.82 Å². The third kappa shape index (κ3) is 9.22. The number of thiazole rings is 1. The minimum Gasteiger partial charge on any atom is -0.352 e. The van der Waals surface area contributed by atoms with E-state index in [4.69, 9.17) is 0 Å². The summed E-state index contributed by atoms with van der Waals surface area (Å²) in [7, 11) is -4.76. The van der Waals surface area contributed by atoms with Crippen molar-refractivity contribution in [2.45, 2.75) is 56.0 Å². The highest BCUT2D eigenvalue weighted by atomic mass is 32.2. The van der Waals surface area contributed by atoms with Gasteiger partial charge in [-0.3, -0.25) is 14.4 Å². The van der Waals surface area contributed by atoms with E-state index in [1.807, 2.05) is 30.3 Å². The summed E-state index contributed by atoms with van der Waals surface area (Å²) in [5.74, 6) is -3.92. The van der Waals surface area contributed by atoms with Gasteiger partial charge in [0.25, 0.3) is 0 Å². The molecule has 3 aromatic carbocycles. The van der Waals surface area contributed by atoms with Crippen molar-refractivity contribution in [1.82, 2.24) is 15.6 Å². The average molecular weight is 690 g/mol. The fraction of sp³-hybridized carbons (Fsp3) is 0.333. The van der Waals surface area contributed by atoms with Crippen LogP contribution in [0.5, 0.6) is 0 Å². The Morgan fingerprint density at radius 3 is 2.36 bits per heavy atom. The summed E-state index contributed by atoms with van der Waals surface area (Å²) in [6.07, 6.45) is -3.17. The SMILES string of the molecule is O=C(CNC(=O)C(c1nc2cc(F)c(-c3ccc(C(=O)CCCc4ccccc4)cc3)cc2s1)S(=O)(=O)CCC(F)(F)F)NC1CC1. The van der Waals surface area contributed by atoms with E-state index in [2.05, 4.69) is 15.6 Å². The molecule has 0 spiro atoms. The summed E-state index contributed by atoms with van der Waals surface area (Å²) < 4.78 is 80.7. The highest BCUT2D eigenvalue weighted by molar-refractivity contribution is 7.92. The number of nitrogens with one attached hydrogen (secondary N) is 2. The molecule has 0 bridgehead atoms. The van der Waals surface area contributed by atoms with Crippen LogP contribution in [0.4, 0.5) is 17.6 Å². The maximum Gasteiger partial charge on any atom is 0.390 e. The summed E-state index contributed by atoms with van der Waals surface area (Å²) in [6.45, 7) is -0.574. The maximum atomic E-state index is 15.3. The molecule has 1 atom stereocenters. The van der Waals surface area contributed by atoms with Crippen LogP contribution in [0.25, 0.3) is 21.3 Å².